The number of carbonyl (C=O) groups excluding carboxylic acids is 1. The lowest BCUT2D eigenvalue weighted by Gasteiger charge is -2.37. The molecule has 1 aromatic carbocycles. The average molecular weight is 478 g/mol. The summed E-state index contributed by atoms with van der Waals surface area (Å²) in [5.74, 6) is -3.47. The van der Waals surface area contributed by atoms with Gasteiger partial charge in [-0.15, -0.1) is 0 Å². The molecule has 34 heavy (non-hydrogen) atoms. The minimum absolute atomic E-state index is 0.199. The van der Waals surface area contributed by atoms with E-state index < -0.39 is 23.8 Å². The molecule has 4 N–H and O–H groups in total. The molecule has 4 rings (SSSR count). The number of guanidine groups is 1. The van der Waals surface area contributed by atoms with Crippen molar-refractivity contribution in [3.05, 3.63) is 42.0 Å². The van der Waals surface area contributed by atoms with E-state index in [2.05, 4.69) is 14.9 Å². The van der Waals surface area contributed by atoms with Crippen LogP contribution in [0.2, 0.25) is 0 Å². The SMILES string of the molecule is N=C(N)NC(=O)OCc1cccc(N2CCN(c3cnc(N4CCC(F)(F)C4)nc3)CC2)c1F. The Hall–Kier alpha value is -3.77. The van der Waals surface area contributed by atoms with Crippen LogP contribution in [0.5, 0.6) is 0 Å². The van der Waals surface area contributed by atoms with E-state index in [1.807, 2.05) is 10.2 Å². The van der Waals surface area contributed by atoms with Crippen molar-refractivity contribution in [2.75, 3.05) is 54.0 Å². The van der Waals surface area contributed by atoms with E-state index in [1.54, 1.807) is 24.5 Å². The van der Waals surface area contributed by atoms with Crippen molar-refractivity contribution in [1.29, 1.82) is 5.41 Å². The third-order valence-electron chi connectivity index (χ3n) is 5.72. The second-order valence-electron chi connectivity index (χ2n) is 8.11. The number of anilines is 3. The van der Waals surface area contributed by atoms with Crippen molar-refractivity contribution in [1.82, 2.24) is 15.3 Å². The number of piperazine rings is 1. The van der Waals surface area contributed by atoms with Gasteiger partial charge in [-0.3, -0.25) is 10.7 Å². The Bertz CT molecular complexity index is 1040. The van der Waals surface area contributed by atoms with E-state index >= 15 is 4.39 Å². The molecule has 0 atom stereocenters. The number of nitrogens with zero attached hydrogens (tertiary/aromatic N) is 5. The van der Waals surface area contributed by atoms with Crippen molar-refractivity contribution in [3.8, 4) is 0 Å². The summed E-state index contributed by atoms with van der Waals surface area (Å²) in [4.78, 5) is 25.4. The monoisotopic (exact) mass is 478 g/mol. The van der Waals surface area contributed by atoms with Crippen LogP contribution in [0.25, 0.3) is 0 Å². The van der Waals surface area contributed by atoms with Gasteiger partial charge in [-0.1, -0.05) is 12.1 Å². The number of aromatic nitrogens is 2. The summed E-state index contributed by atoms with van der Waals surface area (Å²) in [5.41, 5.74) is 6.44. The molecule has 1 aromatic heterocycles. The van der Waals surface area contributed by atoms with Gasteiger partial charge in [0.05, 0.1) is 30.3 Å². The predicted octanol–water partition coefficient (Wildman–Crippen LogP) is 1.91. The van der Waals surface area contributed by atoms with Crippen molar-refractivity contribution in [3.63, 3.8) is 0 Å². The van der Waals surface area contributed by atoms with Gasteiger partial charge in [-0.05, 0) is 6.07 Å². The Morgan fingerprint density at radius 2 is 1.79 bits per heavy atom. The molecule has 0 radical (unpaired) electrons. The number of alkyl carbamates (subject to hydrolysis) is 1. The minimum atomic E-state index is -2.71. The van der Waals surface area contributed by atoms with E-state index in [1.165, 1.54) is 11.0 Å². The molecule has 0 bridgehead atoms. The number of ether oxygens (including phenoxy) is 1. The average Bonchev–Trinajstić information content (AvgIpc) is 3.18. The number of carbonyl (C=O) groups is 1. The highest BCUT2D eigenvalue weighted by atomic mass is 19.3. The van der Waals surface area contributed by atoms with Crippen LogP contribution in [0.1, 0.15) is 12.0 Å². The molecule has 0 aliphatic carbocycles. The minimum Gasteiger partial charge on any atom is -0.444 e. The van der Waals surface area contributed by atoms with Crippen LogP contribution in [0.3, 0.4) is 0 Å². The molecule has 2 saturated heterocycles. The third kappa shape index (κ3) is 5.41. The second-order valence-corrected chi connectivity index (χ2v) is 8.11. The largest absolute Gasteiger partial charge is 0.444 e. The van der Waals surface area contributed by atoms with Crippen LogP contribution >= 0.6 is 0 Å². The standard InChI is InChI=1S/C21H25F3N8O2/c22-17-14(12-34-20(33)29-18(25)26)2-1-3-16(17)31-8-6-30(7-9-31)15-10-27-19(28-11-15)32-5-4-21(23,24)13-32/h1-3,10-11H,4-9,12-13H2,(H4,25,26,29,33). The molecule has 1 amide bonds. The van der Waals surface area contributed by atoms with Crippen molar-refractivity contribution in [2.45, 2.75) is 19.0 Å². The van der Waals surface area contributed by atoms with E-state index in [9.17, 15) is 13.6 Å². The predicted molar refractivity (Wildman–Crippen MR) is 120 cm³/mol. The van der Waals surface area contributed by atoms with Crippen molar-refractivity contribution >= 4 is 29.4 Å². The summed E-state index contributed by atoms with van der Waals surface area (Å²) < 4.78 is 46.8. The third-order valence-corrected chi connectivity index (χ3v) is 5.72. The number of alkyl halides is 2. The van der Waals surface area contributed by atoms with Crippen LogP contribution < -0.4 is 25.8 Å². The van der Waals surface area contributed by atoms with Gasteiger partial charge in [0.25, 0.3) is 5.92 Å². The normalized spacial score (nSPS) is 17.6. The van der Waals surface area contributed by atoms with E-state index in [0.29, 0.717) is 31.9 Å². The number of halogens is 3. The quantitative estimate of drug-likeness (QED) is 0.440. The highest BCUT2D eigenvalue weighted by molar-refractivity contribution is 5.90. The zero-order valence-corrected chi connectivity index (χ0v) is 18.3. The fraction of sp³-hybridized carbons (Fsp3) is 0.429. The Kier molecular flexibility index (Phi) is 6.61. The summed E-state index contributed by atoms with van der Waals surface area (Å²) in [7, 11) is 0. The maximum atomic E-state index is 15.0. The molecule has 0 saturated carbocycles. The molecular weight excluding hydrogens is 453 g/mol. The van der Waals surface area contributed by atoms with Crippen LogP contribution in [-0.2, 0) is 11.3 Å². The molecule has 10 nitrogen and oxygen atoms in total. The van der Waals surface area contributed by atoms with Gasteiger partial charge >= 0.3 is 6.09 Å². The molecule has 2 aliphatic rings. The summed E-state index contributed by atoms with van der Waals surface area (Å²) in [6.07, 6.45) is 2.12. The molecule has 3 heterocycles. The lowest BCUT2D eigenvalue weighted by Crippen LogP contribution is -2.47. The molecule has 182 valence electrons. The van der Waals surface area contributed by atoms with Crippen molar-refractivity contribution in [2.24, 2.45) is 5.73 Å². The lowest BCUT2D eigenvalue weighted by molar-refractivity contribution is 0.0256. The number of amides is 1. The highest BCUT2D eigenvalue weighted by Gasteiger charge is 2.39. The molecule has 2 aromatic rings. The fourth-order valence-electron chi connectivity index (χ4n) is 3.96. The first-order valence-electron chi connectivity index (χ1n) is 10.7. The molecular formula is C21H25F3N8O2. The van der Waals surface area contributed by atoms with E-state index in [0.717, 1.165) is 5.69 Å². The molecule has 13 heteroatoms. The molecule has 0 unspecified atom stereocenters. The Morgan fingerprint density at radius 3 is 2.41 bits per heavy atom. The summed E-state index contributed by atoms with van der Waals surface area (Å²) >= 11 is 0. The zero-order valence-electron chi connectivity index (χ0n) is 18.3. The van der Waals surface area contributed by atoms with Gasteiger partial charge in [0, 0.05) is 44.7 Å². The molecule has 2 aliphatic heterocycles. The second kappa shape index (κ2) is 9.61. The number of benzene rings is 1. The van der Waals surface area contributed by atoms with Crippen LogP contribution in [-0.4, -0.2) is 67.2 Å². The summed E-state index contributed by atoms with van der Waals surface area (Å²) in [6.45, 7) is 1.80. The highest BCUT2D eigenvalue weighted by Crippen LogP contribution is 2.30. The Balaban J connectivity index is 1.34. The van der Waals surface area contributed by atoms with E-state index in [-0.39, 0.29) is 37.6 Å². The van der Waals surface area contributed by atoms with Gasteiger partial charge in [0.1, 0.15) is 6.61 Å². The molecule has 0 spiro atoms. The van der Waals surface area contributed by atoms with Crippen LogP contribution in [0.4, 0.5) is 35.3 Å². The number of rotatable bonds is 5. The van der Waals surface area contributed by atoms with Gasteiger partial charge in [-0.25, -0.2) is 27.9 Å². The van der Waals surface area contributed by atoms with E-state index in [4.69, 9.17) is 15.9 Å². The first-order valence-corrected chi connectivity index (χ1v) is 10.7. The number of nitrogens with one attached hydrogen (secondary N) is 2. The van der Waals surface area contributed by atoms with Gasteiger partial charge in [0.2, 0.25) is 5.95 Å². The van der Waals surface area contributed by atoms with Gasteiger partial charge < -0.3 is 25.2 Å². The smallest absolute Gasteiger partial charge is 0.414 e. The van der Waals surface area contributed by atoms with Crippen LogP contribution in [0.15, 0.2) is 30.6 Å². The number of hydrogen-bond acceptors (Lipinski definition) is 8. The maximum absolute atomic E-state index is 15.0. The van der Waals surface area contributed by atoms with Gasteiger partial charge in [-0.2, -0.15) is 0 Å². The first-order chi connectivity index (χ1) is 16.2. The fourth-order valence-corrected chi connectivity index (χ4v) is 3.96. The first kappa shape index (κ1) is 23.4. The Labute approximate surface area is 194 Å². The lowest BCUT2D eigenvalue weighted by atomic mass is 10.1. The Morgan fingerprint density at radius 1 is 1.12 bits per heavy atom. The number of hydrogen-bond donors (Lipinski definition) is 3. The number of nitrogens with two attached hydrogens (primary N) is 1. The molecule has 2 fully saturated rings. The zero-order chi connectivity index (χ0) is 24.3. The summed E-state index contributed by atoms with van der Waals surface area (Å²) in [5, 5.41) is 8.97. The van der Waals surface area contributed by atoms with Crippen molar-refractivity contribution < 1.29 is 22.7 Å². The maximum Gasteiger partial charge on any atom is 0.414 e. The van der Waals surface area contributed by atoms with Crippen LogP contribution in [0, 0.1) is 11.2 Å². The summed E-state index contributed by atoms with van der Waals surface area (Å²) in [6, 6.07) is 4.86. The topological polar surface area (TPSA) is 124 Å². The van der Waals surface area contributed by atoms with Gasteiger partial charge in [0.15, 0.2) is 11.8 Å².